The number of methoxy groups -OCH3 is 1. The minimum absolute atomic E-state index is 0.0141. The van der Waals surface area contributed by atoms with Gasteiger partial charge in [0.15, 0.2) is 0 Å². The lowest BCUT2D eigenvalue weighted by atomic mass is 10.1. The standard InChI is InChI=1S/C12H14O3/c1-15-12(14)9-11(13)8-7-10-5-3-2-4-6-10/h2-8,11,13H,9H2,1H3/b8-7+/t11-/m1/s1. The average molecular weight is 206 g/mol. The normalized spacial score (nSPS) is 12.7. The number of hydrogen-bond acceptors (Lipinski definition) is 3. The molecule has 0 amide bonds. The van der Waals surface area contributed by atoms with E-state index in [0.29, 0.717) is 0 Å². The second-order valence-electron chi connectivity index (χ2n) is 3.12. The topological polar surface area (TPSA) is 46.5 Å². The zero-order chi connectivity index (χ0) is 11.1. The summed E-state index contributed by atoms with van der Waals surface area (Å²) in [6, 6.07) is 9.57. The molecule has 15 heavy (non-hydrogen) atoms. The van der Waals surface area contributed by atoms with Crippen LogP contribution in [0.25, 0.3) is 6.08 Å². The fourth-order valence-electron chi connectivity index (χ4n) is 1.11. The number of carbonyl (C=O) groups excluding carboxylic acids is 1. The highest BCUT2D eigenvalue weighted by Crippen LogP contribution is 2.04. The van der Waals surface area contributed by atoms with Crippen molar-refractivity contribution in [2.24, 2.45) is 0 Å². The Morgan fingerprint density at radius 3 is 2.73 bits per heavy atom. The first-order valence-electron chi connectivity index (χ1n) is 4.70. The Labute approximate surface area is 89.0 Å². The Kier molecular flexibility index (Phi) is 4.57. The van der Waals surface area contributed by atoms with Gasteiger partial charge in [0.2, 0.25) is 0 Å². The van der Waals surface area contributed by atoms with E-state index in [0.717, 1.165) is 5.56 Å². The van der Waals surface area contributed by atoms with E-state index >= 15 is 0 Å². The first kappa shape index (κ1) is 11.5. The number of aliphatic hydroxyl groups excluding tert-OH is 1. The molecule has 0 radical (unpaired) electrons. The lowest BCUT2D eigenvalue weighted by Gasteiger charge is -2.02. The Bertz CT molecular complexity index is 330. The molecule has 0 saturated heterocycles. The van der Waals surface area contributed by atoms with E-state index in [1.54, 1.807) is 12.2 Å². The monoisotopic (exact) mass is 206 g/mol. The smallest absolute Gasteiger partial charge is 0.308 e. The summed E-state index contributed by atoms with van der Waals surface area (Å²) in [5, 5.41) is 9.42. The highest BCUT2D eigenvalue weighted by atomic mass is 16.5. The van der Waals surface area contributed by atoms with E-state index in [1.165, 1.54) is 7.11 Å². The van der Waals surface area contributed by atoms with Crippen LogP contribution in [0.5, 0.6) is 0 Å². The van der Waals surface area contributed by atoms with Crippen molar-refractivity contribution >= 4 is 12.0 Å². The minimum Gasteiger partial charge on any atom is -0.469 e. The average Bonchev–Trinajstić information content (AvgIpc) is 2.27. The highest BCUT2D eigenvalue weighted by Gasteiger charge is 2.06. The summed E-state index contributed by atoms with van der Waals surface area (Å²) < 4.78 is 4.44. The van der Waals surface area contributed by atoms with E-state index in [4.69, 9.17) is 0 Å². The second kappa shape index (κ2) is 5.98. The van der Waals surface area contributed by atoms with Gasteiger partial charge in [0.05, 0.1) is 19.6 Å². The molecule has 0 heterocycles. The van der Waals surface area contributed by atoms with Gasteiger partial charge in [0.1, 0.15) is 0 Å². The van der Waals surface area contributed by atoms with Crippen molar-refractivity contribution in [3.8, 4) is 0 Å². The maximum Gasteiger partial charge on any atom is 0.308 e. The predicted molar refractivity (Wildman–Crippen MR) is 58.1 cm³/mol. The molecule has 80 valence electrons. The number of hydrogen-bond donors (Lipinski definition) is 1. The quantitative estimate of drug-likeness (QED) is 0.761. The molecule has 0 aromatic heterocycles. The molecule has 0 aliphatic carbocycles. The molecule has 1 atom stereocenters. The Morgan fingerprint density at radius 1 is 1.47 bits per heavy atom. The molecule has 0 aliphatic heterocycles. The number of benzene rings is 1. The van der Waals surface area contributed by atoms with E-state index in [9.17, 15) is 9.90 Å². The van der Waals surface area contributed by atoms with Gasteiger partial charge in [-0.15, -0.1) is 0 Å². The van der Waals surface area contributed by atoms with Gasteiger partial charge in [0.25, 0.3) is 0 Å². The molecule has 0 bridgehead atoms. The minimum atomic E-state index is -0.794. The van der Waals surface area contributed by atoms with E-state index in [-0.39, 0.29) is 6.42 Å². The lowest BCUT2D eigenvalue weighted by Crippen LogP contribution is -2.11. The maximum atomic E-state index is 10.8. The SMILES string of the molecule is COC(=O)C[C@H](O)/C=C/c1ccccc1. The van der Waals surface area contributed by atoms with Crippen LogP contribution in [0, 0.1) is 0 Å². The van der Waals surface area contributed by atoms with Crippen LogP contribution in [0.2, 0.25) is 0 Å². The molecule has 1 aromatic carbocycles. The van der Waals surface area contributed by atoms with Crippen molar-refractivity contribution in [1.29, 1.82) is 0 Å². The van der Waals surface area contributed by atoms with E-state index in [2.05, 4.69) is 4.74 Å². The molecule has 1 N–H and O–H groups in total. The zero-order valence-corrected chi connectivity index (χ0v) is 8.59. The highest BCUT2D eigenvalue weighted by molar-refractivity contribution is 5.70. The van der Waals surface area contributed by atoms with Crippen LogP contribution in [0.4, 0.5) is 0 Å². The second-order valence-corrected chi connectivity index (χ2v) is 3.12. The summed E-state index contributed by atoms with van der Waals surface area (Å²) in [5.74, 6) is -0.416. The summed E-state index contributed by atoms with van der Waals surface area (Å²) in [4.78, 5) is 10.8. The summed E-state index contributed by atoms with van der Waals surface area (Å²) in [6.07, 6.45) is 2.54. The third kappa shape index (κ3) is 4.42. The number of ether oxygens (including phenoxy) is 1. The Hall–Kier alpha value is -1.61. The number of aliphatic hydroxyl groups is 1. The van der Waals surface area contributed by atoms with Crippen molar-refractivity contribution in [3.63, 3.8) is 0 Å². The lowest BCUT2D eigenvalue weighted by molar-refractivity contribution is -0.142. The number of rotatable bonds is 4. The Balaban J connectivity index is 2.47. The van der Waals surface area contributed by atoms with Crippen LogP contribution in [0.15, 0.2) is 36.4 Å². The van der Waals surface area contributed by atoms with Crippen LogP contribution in [0.1, 0.15) is 12.0 Å². The molecule has 0 spiro atoms. The molecule has 0 fully saturated rings. The van der Waals surface area contributed by atoms with Crippen molar-refractivity contribution in [1.82, 2.24) is 0 Å². The van der Waals surface area contributed by atoms with Gasteiger partial charge >= 0.3 is 5.97 Å². The first-order chi connectivity index (χ1) is 7.22. The zero-order valence-electron chi connectivity index (χ0n) is 8.59. The van der Waals surface area contributed by atoms with Crippen LogP contribution >= 0.6 is 0 Å². The molecular weight excluding hydrogens is 192 g/mol. The van der Waals surface area contributed by atoms with Crippen LogP contribution < -0.4 is 0 Å². The van der Waals surface area contributed by atoms with Crippen LogP contribution in [-0.4, -0.2) is 24.3 Å². The summed E-state index contributed by atoms with van der Waals surface area (Å²) >= 11 is 0. The van der Waals surface area contributed by atoms with Gasteiger partial charge in [-0.2, -0.15) is 0 Å². The summed E-state index contributed by atoms with van der Waals surface area (Å²) in [7, 11) is 1.30. The van der Waals surface area contributed by atoms with Gasteiger partial charge < -0.3 is 9.84 Å². The van der Waals surface area contributed by atoms with E-state index in [1.807, 2.05) is 30.3 Å². The third-order valence-corrected chi connectivity index (χ3v) is 1.91. The van der Waals surface area contributed by atoms with Gasteiger partial charge in [0, 0.05) is 0 Å². The van der Waals surface area contributed by atoms with Crippen LogP contribution in [-0.2, 0) is 9.53 Å². The van der Waals surface area contributed by atoms with Crippen molar-refractivity contribution in [2.45, 2.75) is 12.5 Å². The molecule has 0 aliphatic rings. The fourth-order valence-corrected chi connectivity index (χ4v) is 1.11. The van der Waals surface area contributed by atoms with Gasteiger partial charge in [-0.3, -0.25) is 4.79 Å². The maximum absolute atomic E-state index is 10.8. The summed E-state index contributed by atoms with van der Waals surface area (Å²) in [5.41, 5.74) is 0.987. The van der Waals surface area contributed by atoms with E-state index < -0.39 is 12.1 Å². The first-order valence-corrected chi connectivity index (χ1v) is 4.70. The van der Waals surface area contributed by atoms with Crippen molar-refractivity contribution in [2.75, 3.05) is 7.11 Å². The van der Waals surface area contributed by atoms with Crippen molar-refractivity contribution in [3.05, 3.63) is 42.0 Å². The predicted octanol–water partition coefficient (Wildman–Crippen LogP) is 1.62. The van der Waals surface area contributed by atoms with Crippen LogP contribution in [0.3, 0.4) is 0 Å². The molecule has 3 heteroatoms. The molecular formula is C12H14O3. The van der Waals surface area contributed by atoms with Gasteiger partial charge in [-0.1, -0.05) is 42.5 Å². The molecule has 1 rings (SSSR count). The van der Waals surface area contributed by atoms with Gasteiger partial charge in [-0.25, -0.2) is 0 Å². The third-order valence-electron chi connectivity index (χ3n) is 1.91. The number of carbonyl (C=O) groups is 1. The molecule has 0 saturated carbocycles. The molecule has 1 aromatic rings. The van der Waals surface area contributed by atoms with Crippen molar-refractivity contribution < 1.29 is 14.6 Å². The largest absolute Gasteiger partial charge is 0.469 e. The Morgan fingerprint density at radius 2 is 2.13 bits per heavy atom. The molecule has 0 unspecified atom stereocenters. The summed E-state index contributed by atoms with van der Waals surface area (Å²) in [6.45, 7) is 0. The molecule has 3 nitrogen and oxygen atoms in total. The fraction of sp³-hybridized carbons (Fsp3) is 0.250. The number of esters is 1. The van der Waals surface area contributed by atoms with Gasteiger partial charge in [-0.05, 0) is 5.56 Å².